The summed E-state index contributed by atoms with van der Waals surface area (Å²) in [4.78, 5) is 5.01. The molecule has 0 amide bonds. The van der Waals surface area contributed by atoms with Crippen molar-refractivity contribution in [2.45, 2.75) is 12.3 Å². The van der Waals surface area contributed by atoms with Gasteiger partial charge in [0.15, 0.2) is 5.82 Å². The van der Waals surface area contributed by atoms with Crippen LogP contribution in [0.4, 0.5) is 0 Å². The minimum absolute atomic E-state index is 0.488. The first kappa shape index (κ1) is 28.2. The van der Waals surface area contributed by atoms with E-state index in [0.29, 0.717) is 5.82 Å². The average molecular weight is 651 g/mol. The molecular weight excluding hydrogens is 621 g/mol. The van der Waals surface area contributed by atoms with Crippen molar-refractivity contribution in [1.29, 1.82) is 0 Å². The van der Waals surface area contributed by atoms with Crippen LogP contribution in [0.15, 0.2) is 164 Å². The number of hydrogen-bond acceptors (Lipinski definition) is 3. The lowest BCUT2D eigenvalue weighted by Crippen LogP contribution is -2.33. The molecule has 1 atom stereocenters. The lowest BCUT2D eigenvalue weighted by molar-refractivity contribution is 0.749. The Morgan fingerprint density at radius 1 is 0.471 bits per heavy atom. The first-order valence-electron chi connectivity index (χ1n) is 17.5. The molecule has 3 heterocycles. The molecule has 7 aromatic carbocycles. The smallest absolute Gasteiger partial charge is 0.182 e. The van der Waals surface area contributed by atoms with Crippen molar-refractivity contribution < 1.29 is 0 Å². The summed E-state index contributed by atoms with van der Waals surface area (Å²) in [6.07, 6.45) is 0. The van der Waals surface area contributed by atoms with E-state index in [-0.39, 0.29) is 0 Å². The predicted molar refractivity (Wildman–Crippen MR) is 206 cm³/mol. The Hall–Kier alpha value is -6.65. The molecule has 4 heteroatoms. The van der Waals surface area contributed by atoms with E-state index in [4.69, 9.17) is 4.98 Å². The molecule has 2 aliphatic rings. The molecule has 1 aliphatic carbocycles. The fourth-order valence-electron chi connectivity index (χ4n) is 8.95. The summed E-state index contributed by atoms with van der Waals surface area (Å²) in [5.74, 6) is 0.626. The van der Waals surface area contributed by atoms with Crippen molar-refractivity contribution in [3.8, 4) is 50.6 Å². The van der Waals surface area contributed by atoms with Crippen LogP contribution in [0.5, 0.6) is 0 Å². The van der Waals surface area contributed by atoms with Gasteiger partial charge in [-0.3, -0.25) is 0 Å². The molecule has 238 valence electrons. The van der Waals surface area contributed by atoms with E-state index in [2.05, 4.69) is 148 Å². The Morgan fingerprint density at radius 2 is 1.14 bits per heavy atom. The highest BCUT2D eigenvalue weighted by Crippen LogP contribution is 2.61. The van der Waals surface area contributed by atoms with Gasteiger partial charge in [-0.25, -0.2) is 4.98 Å². The summed E-state index contributed by atoms with van der Waals surface area (Å²) < 4.78 is 2.50. The zero-order valence-electron chi connectivity index (χ0n) is 27.9. The molecule has 0 saturated heterocycles. The standard InChI is InChI=1S/C47H30N4/c1-29-44(48-46(50-49-29)30-13-3-2-4-14-30)33-16-11-15-31(27-33)32-25-26-35-34-17-5-7-20-38(34)47(41(35)28-32)39-21-8-10-24-43(39)51-42-23-9-6-18-36(42)37-19-12-22-40(47)45(37)51/h2-28H,1H3. The van der Waals surface area contributed by atoms with E-state index in [1.54, 1.807) is 0 Å². The number of fused-ring (bicyclic) bond motifs is 12. The van der Waals surface area contributed by atoms with Crippen LogP contribution in [-0.2, 0) is 5.41 Å². The number of nitrogens with zero attached hydrogens (tertiary/aromatic N) is 4. The quantitative estimate of drug-likeness (QED) is 0.191. The van der Waals surface area contributed by atoms with Gasteiger partial charge in [0.2, 0.25) is 0 Å². The second-order valence-electron chi connectivity index (χ2n) is 13.6. The average Bonchev–Trinajstić information content (AvgIpc) is 3.69. The topological polar surface area (TPSA) is 43.6 Å². The van der Waals surface area contributed by atoms with Crippen LogP contribution in [0.25, 0.3) is 72.4 Å². The van der Waals surface area contributed by atoms with Crippen molar-refractivity contribution in [2.24, 2.45) is 0 Å². The third-order valence-electron chi connectivity index (χ3n) is 11.0. The summed E-state index contributed by atoms with van der Waals surface area (Å²) in [7, 11) is 0. The van der Waals surface area contributed by atoms with Gasteiger partial charge >= 0.3 is 0 Å². The Morgan fingerprint density at radius 3 is 2.06 bits per heavy atom. The van der Waals surface area contributed by atoms with Gasteiger partial charge < -0.3 is 4.57 Å². The second kappa shape index (κ2) is 10.4. The van der Waals surface area contributed by atoms with Gasteiger partial charge in [-0.05, 0) is 75.7 Å². The first-order chi connectivity index (χ1) is 25.2. The van der Waals surface area contributed by atoms with Crippen molar-refractivity contribution in [3.05, 3.63) is 192 Å². The number of aromatic nitrogens is 4. The summed E-state index contributed by atoms with van der Waals surface area (Å²) in [5.41, 5.74) is 17.0. The number of benzene rings is 7. The van der Waals surface area contributed by atoms with Gasteiger partial charge in [0.25, 0.3) is 0 Å². The minimum Gasteiger partial charge on any atom is -0.309 e. The molecule has 1 spiro atoms. The van der Waals surface area contributed by atoms with Crippen LogP contribution < -0.4 is 0 Å². The molecule has 1 unspecified atom stereocenters. The Balaban J connectivity index is 1.16. The zero-order valence-corrected chi connectivity index (χ0v) is 27.9. The molecule has 1 aliphatic heterocycles. The monoisotopic (exact) mass is 650 g/mol. The maximum atomic E-state index is 5.01. The van der Waals surface area contributed by atoms with E-state index < -0.39 is 5.41 Å². The van der Waals surface area contributed by atoms with E-state index in [0.717, 1.165) is 28.1 Å². The maximum absolute atomic E-state index is 5.01. The van der Waals surface area contributed by atoms with Crippen molar-refractivity contribution >= 4 is 21.8 Å². The maximum Gasteiger partial charge on any atom is 0.182 e. The molecule has 0 N–H and O–H groups in total. The third-order valence-corrected chi connectivity index (χ3v) is 11.0. The molecule has 11 rings (SSSR count). The van der Waals surface area contributed by atoms with Crippen LogP contribution >= 0.6 is 0 Å². The molecule has 0 bridgehead atoms. The molecule has 51 heavy (non-hydrogen) atoms. The Labute approximate surface area is 295 Å². The van der Waals surface area contributed by atoms with Crippen LogP contribution in [0, 0.1) is 6.92 Å². The summed E-state index contributed by atoms with van der Waals surface area (Å²) in [6.45, 7) is 1.98. The normalized spacial score (nSPS) is 15.2. The fourth-order valence-corrected chi connectivity index (χ4v) is 8.95. The molecule has 2 aromatic heterocycles. The molecule has 0 fully saturated rings. The van der Waals surface area contributed by atoms with Crippen LogP contribution in [0.2, 0.25) is 0 Å². The summed E-state index contributed by atoms with van der Waals surface area (Å²) >= 11 is 0. The molecular formula is C47H30N4. The largest absolute Gasteiger partial charge is 0.309 e. The van der Waals surface area contributed by atoms with E-state index in [1.807, 2.05) is 37.3 Å². The van der Waals surface area contributed by atoms with Gasteiger partial charge in [0.05, 0.1) is 33.5 Å². The van der Waals surface area contributed by atoms with E-state index in [9.17, 15) is 0 Å². The van der Waals surface area contributed by atoms with E-state index in [1.165, 1.54) is 66.4 Å². The zero-order chi connectivity index (χ0) is 33.7. The first-order valence-corrected chi connectivity index (χ1v) is 17.5. The lowest BCUT2D eigenvalue weighted by atomic mass is 9.65. The highest BCUT2D eigenvalue weighted by atomic mass is 15.2. The number of hydrogen-bond donors (Lipinski definition) is 0. The van der Waals surface area contributed by atoms with E-state index >= 15 is 0 Å². The minimum atomic E-state index is -0.488. The summed E-state index contributed by atoms with van der Waals surface area (Å²) in [6, 6.07) is 59.6. The fraction of sp³-hybridized carbons (Fsp3) is 0.0426. The van der Waals surface area contributed by atoms with Gasteiger partial charge in [-0.15, -0.1) is 5.10 Å². The highest BCUT2D eigenvalue weighted by molar-refractivity contribution is 6.12. The number of aryl methyl sites for hydroxylation is 1. The van der Waals surface area contributed by atoms with Crippen molar-refractivity contribution in [2.75, 3.05) is 0 Å². The van der Waals surface area contributed by atoms with Crippen LogP contribution in [0.3, 0.4) is 0 Å². The Kier molecular flexibility index (Phi) is 5.77. The van der Waals surface area contributed by atoms with Crippen molar-refractivity contribution in [3.63, 3.8) is 0 Å². The van der Waals surface area contributed by atoms with Crippen molar-refractivity contribution in [1.82, 2.24) is 19.7 Å². The van der Waals surface area contributed by atoms with Crippen LogP contribution in [0.1, 0.15) is 27.9 Å². The molecule has 9 aromatic rings. The molecule has 0 saturated carbocycles. The van der Waals surface area contributed by atoms with Gasteiger partial charge in [0.1, 0.15) is 0 Å². The third kappa shape index (κ3) is 3.76. The molecule has 0 radical (unpaired) electrons. The number of para-hydroxylation sites is 3. The van der Waals surface area contributed by atoms with Gasteiger partial charge in [-0.1, -0.05) is 140 Å². The van der Waals surface area contributed by atoms with Crippen LogP contribution in [-0.4, -0.2) is 19.7 Å². The SMILES string of the molecule is Cc1nnc(-c2ccccc2)nc1-c1cccc(-c2ccc3c(c2)C2(c4ccccc4-3)c3ccccc3-n3c4ccccc4c4cccc2c43)c1. The van der Waals surface area contributed by atoms with Gasteiger partial charge in [0, 0.05) is 21.9 Å². The summed E-state index contributed by atoms with van der Waals surface area (Å²) in [5, 5.41) is 11.5. The Bertz CT molecular complexity index is 2880. The lowest BCUT2D eigenvalue weighted by Gasteiger charge is -2.39. The van der Waals surface area contributed by atoms with Gasteiger partial charge in [-0.2, -0.15) is 5.10 Å². The number of rotatable bonds is 3. The highest BCUT2D eigenvalue weighted by Gasteiger charge is 2.50. The predicted octanol–water partition coefficient (Wildman–Crippen LogP) is 11.0. The molecule has 4 nitrogen and oxygen atoms in total. The second-order valence-corrected chi connectivity index (χ2v) is 13.6.